The normalized spacial score (nSPS) is 11.6. The largest absolute Gasteiger partial charge is 0.469 e. The van der Waals surface area contributed by atoms with Crippen LogP contribution in [-0.2, 0) is 27.2 Å². The number of rotatable bonds is 11. The van der Waals surface area contributed by atoms with E-state index in [1.165, 1.54) is 7.11 Å². The average Bonchev–Trinajstić information content (AvgIpc) is 3.33. The van der Waals surface area contributed by atoms with Gasteiger partial charge in [-0.3, -0.25) is 9.59 Å². The third-order valence-electron chi connectivity index (χ3n) is 5.75. The Morgan fingerprint density at radius 3 is 2.43 bits per heavy atom. The number of anilines is 2. The number of nitrogens with one attached hydrogen (secondary N) is 3. The monoisotopic (exact) mass is 506 g/mol. The molecule has 0 fully saturated rings. The van der Waals surface area contributed by atoms with Crippen LogP contribution in [0.2, 0.25) is 0 Å². The van der Waals surface area contributed by atoms with E-state index in [2.05, 4.69) is 39.7 Å². The molecular weight excluding hydrogens is 472 g/mol. The van der Waals surface area contributed by atoms with E-state index in [0.717, 1.165) is 16.8 Å². The van der Waals surface area contributed by atoms with Crippen LogP contribution in [0.25, 0.3) is 0 Å². The van der Waals surface area contributed by atoms with Gasteiger partial charge in [-0.2, -0.15) is 0 Å². The Balaban J connectivity index is 1.55. The molecule has 2 aromatic carbocycles. The van der Waals surface area contributed by atoms with Gasteiger partial charge in [-0.15, -0.1) is 0 Å². The lowest BCUT2D eigenvalue weighted by Gasteiger charge is -2.18. The molecule has 0 aliphatic heterocycles. The maximum atomic E-state index is 12.8. The third-order valence-corrected chi connectivity index (χ3v) is 5.75. The minimum absolute atomic E-state index is 0.150. The summed E-state index contributed by atoms with van der Waals surface area (Å²) in [6.45, 7) is 6.06. The fraction of sp³-hybridized carbons (Fsp3) is 0.357. The van der Waals surface area contributed by atoms with Crippen molar-refractivity contribution < 1.29 is 23.6 Å². The third kappa shape index (κ3) is 8.79. The SMILES string of the molecule is COC(=O)CCc1cc(C(CC(C)C)NC(=O)Cc2ccc(NC(=O)Nc3ccccc3C)cc2)no1. The Kier molecular flexibility index (Phi) is 9.83. The molecule has 9 heteroatoms. The lowest BCUT2D eigenvalue weighted by molar-refractivity contribution is -0.140. The van der Waals surface area contributed by atoms with Gasteiger partial charge in [0.15, 0.2) is 0 Å². The molecule has 0 spiro atoms. The highest BCUT2D eigenvalue weighted by atomic mass is 16.5. The molecule has 1 unspecified atom stereocenters. The Bertz CT molecular complexity index is 1200. The van der Waals surface area contributed by atoms with Crippen LogP contribution in [0.1, 0.15) is 55.3 Å². The molecule has 9 nitrogen and oxygen atoms in total. The molecule has 0 aliphatic carbocycles. The Morgan fingerprint density at radius 1 is 1.03 bits per heavy atom. The molecule has 0 bridgehead atoms. The molecule has 0 aliphatic rings. The number of methoxy groups -OCH3 is 1. The number of esters is 1. The van der Waals surface area contributed by atoms with Crippen molar-refractivity contribution in [3.8, 4) is 0 Å². The van der Waals surface area contributed by atoms with E-state index in [9.17, 15) is 14.4 Å². The molecule has 3 rings (SSSR count). The van der Waals surface area contributed by atoms with Crippen molar-refractivity contribution in [3.05, 3.63) is 77.2 Å². The summed E-state index contributed by atoms with van der Waals surface area (Å²) < 4.78 is 10.0. The van der Waals surface area contributed by atoms with Gasteiger partial charge in [-0.1, -0.05) is 49.3 Å². The van der Waals surface area contributed by atoms with E-state index >= 15 is 0 Å². The van der Waals surface area contributed by atoms with Crippen molar-refractivity contribution in [1.29, 1.82) is 0 Å². The predicted octanol–water partition coefficient (Wildman–Crippen LogP) is 5.18. The fourth-order valence-corrected chi connectivity index (χ4v) is 3.80. The first-order valence-electron chi connectivity index (χ1n) is 12.3. The van der Waals surface area contributed by atoms with Crippen molar-refractivity contribution in [2.24, 2.45) is 5.92 Å². The molecule has 1 atom stereocenters. The van der Waals surface area contributed by atoms with Gasteiger partial charge >= 0.3 is 12.0 Å². The summed E-state index contributed by atoms with van der Waals surface area (Å²) in [6, 6.07) is 15.8. The van der Waals surface area contributed by atoms with Gasteiger partial charge in [0, 0.05) is 23.9 Å². The van der Waals surface area contributed by atoms with Crippen LogP contribution in [0.3, 0.4) is 0 Å². The van der Waals surface area contributed by atoms with Crippen molar-refractivity contribution in [2.45, 2.75) is 52.5 Å². The Labute approximate surface area is 217 Å². The predicted molar refractivity (Wildman–Crippen MR) is 141 cm³/mol. The first kappa shape index (κ1) is 27.4. The molecule has 0 saturated carbocycles. The number of amides is 3. The standard InChI is InChI=1S/C28H34N4O5/c1-18(2)15-24(25-17-22(37-32-25)13-14-27(34)36-4)30-26(33)16-20-9-11-21(12-10-20)29-28(35)31-23-8-6-5-7-19(23)3/h5-12,17-18,24H,13-16H2,1-4H3,(H,30,33)(H2,29,31,35). The maximum Gasteiger partial charge on any atom is 0.323 e. The van der Waals surface area contributed by atoms with Crippen LogP contribution in [0.5, 0.6) is 0 Å². The highest BCUT2D eigenvalue weighted by Gasteiger charge is 2.21. The highest BCUT2D eigenvalue weighted by Crippen LogP contribution is 2.22. The van der Waals surface area contributed by atoms with Gasteiger partial charge in [0.2, 0.25) is 5.91 Å². The van der Waals surface area contributed by atoms with Crippen molar-refractivity contribution in [1.82, 2.24) is 10.5 Å². The molecule has 37 heavy (non-hydrogen) atoms. The van der Waals surface area contributed by atoms with Crippen LogP contribution in [-0.4, -0.2) is 30.2 Å². The number of hydrogen-bond donors (Lipinski definition) is 3. The summed E-state index contributed by atoms with van der Waals surface area (Å²) in [4.78, 5) is 36.5. The number of carbonyl (C=O) groups excluding carboxylic acids is 3. The quantitative estimate of drug-likeness (QED) is 0.308. The van der Waals surface area contributed by atoms with Gasteiger partial charge in [0.05, 0.1) is 26.0 Å². The smallest absolute Gasteiger partial charge is 0.323 e. The van der Waals surface area contributed by atoms with E-state index in [1.54, 1.807) is 30.3 Å². The van der Waals surface area contributed by atoms with Gasteiger partial charge < -0.3 is 25.2 Å². The van der Waals surface area contributed by atoms with Crippen molar-refractivity contribution in [2.75, 3.05) is 17.7 Å². The molecule has 0 radical (unpaired) electrons. The summed E-state index contributed by atoms with van der Waals surface area (Å²) >= 11 is 0. The van der Waals surface area contributed by atoms with E-state index in [4.69, 9.17) is 4.52 Å². The molecule has 3 aromatic rings. The topological polar surface area (TPSA) is 123 Å². The molecule has 3 N–H and O–H groups in total. The Hall–Kier alpha value is -4.14. The highest BCUT2D eigenvalue weighted by molar-refractivity contribution is 6.00. The number of benzene rings is 2. The van der Waals surface area contributed by atoms with Crippen LogP contribution >= 0.6 is 0 Å². The second kappa shape index (κ2) is 13.2. The van der Waals surface area contributed by atoms with Gasteiger partial charge in [-0.05, 0) is 48.6 Å². The van der Waals surface area contributed by atoms with Crippen LogP contribution in [0, 0.1) is 12.8 Å². The first-order valence-corrected chi connectivity index (χ1v) is 12.3. The van der Waals surface area contributed by atoms with Gasteiger partial charge in [0.25, 0.3) is 0 Å². The first-order chi connectivity index (χ1) is 17.7. The van der Waals surface area contributed by atoms with Crippen LogP contribution in [0.4, 0.5) is 16.2 Å². The molecule has 1 heterocycles. The lowest BCUT2D eigenvalue weighted by Crippen LogP contribution is -2.31. The van der Waals surface area contributed by atoms with E-state index in [-0.39, 0.29) is 36.8 Å². The summed E-state index contributed by atoms with van der Waals surface area (Å²) in [5, 5.41) is 12.8. The zero-order valence-electron chi connectivity index (χ0n) is 21.7. The maximum absolute atomic E-state index is 12.8. The Morgan fingerprint density at radius 2 is 1.76 bits per heavy atom. The second-order valence-electron chi connectivity index (χ2n) is 9.31. The van der Waals surface area contributed by atoms with E-state index in [0.29, 0.717) is 35.9 Å². The number of urea groups is 1. The van der Waals surface area contributed by atoms with Crippen molar-refractivity contribution in [3.63, 3.8) is 0 Å². The second-order valence-corrected chi connectivity index (χ2v) is 9.31. The summed E-state index contributed by atoms with van der Waals surface area (Å²) in [5.74, 6) is 0.413. The number of aromatic nitrogens is 1. The van der Waals surface area contributed by atoms with Crippen LogP contribution < -0.4 is 16.0 Å². The number of hydrogen-bond acceptors (Lipinski definition) is 6. The molecule has 196 valence electrons. The van der Waals surface area contributed by atoms with Gasteiger partial charge in [-0.25, -0.2) is 4.79 Å². The van der Waals surface area contributed by atoms with Crippen molar-refractivity contribution >= 4 is 29.3 Å². The number of nitrogens with zero attached hydrogens (tertiary/aromatic N) is 1. The number of carbonyl (C=O) groups is 3. The number of ether oxygens (including phenoxy) is 1. The van der Waals surface area contributed by atoms with E-state index in [1.807, 2.05) is 31.2 Å². The molecule has 1 aromatic heterocycles. The molecule has 0 saturated heterocycles. The summed E-state index contributed by atoms with van der Waals surface area (Å²) in [7, 11) is 1.34. The zero-order valence-corrected chi connectivity index (χ0v) is 21.7. The zero-order chi connectivity index (χ0) is 26.8. The van der Waals surface area contributed by atoms with E-state index < -0.39 is 0 Å². The van der Waals surface area contributed by atoms with Crippen LogP contribution in [0.15, 0.2) is 59.1 Å². The summed E-state index contributed by atoms with van der Waals surface area (Å²) in [6.07, 6.45) is 1.45. The fourth-order valence-electron chi connectivity index (χ4n) is 3.80. The van der Waals surface area contributed by atoms with Gasteiger partial charge in [0.1, 0.15) is 11.5 Å². The molecule has 3 amide bonds. The average molecular weight is 507 g/mol. The molecular formula is C28H34N4O5. The number of aryl methyl sites for hydroxylation is 2. The minimum atomic E-state index is -0.338. The summed E-state index contributed by atoms with van der Waals surface area (Å²) in [5.41, 5.74) is 3.77. The number of para-hydroxylation sites is 1. The lowest BCUT2D eigenvalue weighted by atomic mass is 10.00. The minimum Gasteiger partial charge on any atom is -0.469 e.